The highest BCUT2D eigenvalue weighted by atomic mass is 19.1. The van der Waals surface area contributed by atoms with Crippen LogP contribution in [0.4, 0.5) is 10.1 Å². The first-order valence-corrected chi connectivity index (χ1v) is 4.48. The summed E-state index contributed by atoms with van der Waals surface area (Å²) in [6.07, 6.45) is 2.17. The number of nitrogens with one attached hydrogen (secondary N) is 1. The highest BCUT2D eigenvalue weighted by Gasteiger charge is 2.41. The predicted octanol–water partition coefficient (Wildman–Crippen LogP) is 1.73. The Balaban J connectivity index is 2.09. The molecule has 3 heteroatoms. The summed E-state index contributed by atoms with van der Waals surface area (Å²) in [7, 11) is 0. The van der Waals surface area contributed by atoms with Gasteiger partial charge in [0.15, 0.2) is 0 Å². The lowest BCUT2D eigenvalue weighted by atomic mass is 10.2. The topological polar surface area (TPSA) is 38.0 Å². The first-order valence-electron chi connectivity index (χ1n) is 4.48. The molecular weight excluding hydrogens is 167 g/mol. The molecular formula is C10H13FN2. The van der Waals surface area contributed by atoms with Crippen LogP contribution in [0, 0.1) is 5.82 Å². The van der Waals surface area contributed by atoms with Crippen molar-refractivity contribution >= 4 is 5.69 Å². The van der Waals surface area contributed by atoms with Gasteiger partial charge in [-0.2, -0.15) is 0 Å². The van der Waals surface area contributed by atoms with Crippen LogP contribution < -0.4 is 11.1 Å². The quantitative estimate of drug-likeness (QED) is 0.743. The van der Waals surface area contributed by atoms with Crippen molar-refractivity contribution in [2.45, 2.75) is 18.4 Å². The number of hydrogen-bond donors (Lipinski definition) is 2. The fourth-order valence-electron chi connectivity index (χ4n) is 1.40. The van der Waals surface area contributed by atoms with Gasteiger partial charge in [-0.15, -0.1) is 0 Å². The SMILES string of the molecule is NCC1(Nc2cccc(F)c2)CC1. The standard InChI is InChI=1S/C10H13FN2/c11-8-2-1-3-9(6-8)13-10(7-12)4-5-10/h1-3,6,13H,4-5,7,12H2. The number of nitrogens with two attached hydrogens (primary N) is 1. The molecule has 1 aliphatic rings. The molecule has 1 saturated carbocycles. The lowest BCUT2D eigenvalue weighted by Crippen LogP contribution is -2.30. The summed E-state index contributed by atoms with van der Waals surface area (Å²) in [6, 6.07) is 6.49. The van der Waals surface area contributed by atoms with E-state index in [1.807, 2.05) is 6.07 Å². The summed E-state index contributed by atoms with van der Waals surface area (Å²) in [5.41, 5.74) is 6.47. The lowest BCUT2D eigenvalue weighted by Gasteiger charge is -2.16. The van der Waals surface area contributed by atoms with Gasteiger partial charge in [-0.1, -0.05) is 6.07 Å². The van der Waals surface area contributed by atoms with Crippen molar-refractivity contribution in [3.8, 4) is 0 Å². The molecule has 13 heavy (non-hydrogen) atoms. The van der Waals surface area contributed by atoms with Crippen LogP contribution >= 0.6 is 0 Å². The van der Waals surface area contributed by atoms with E-state index < -0.39 is 0 Å². The van der Waals surface area contributed by atoms with Crippen molar-refractivity contribution in [3.05, 3.63) is 30.1 Å². The largest absolute Gasteiger partial charge is 0.378 e. The van der Waals surface area contributed by atoms with Gasteiger partial charge in [0.2, 0.25) is 0 Å². The lowest BCUT2D eigenvalue weighted by molar-refractivity contribution is 0.627. The van der Waals surface area contributed by atoms with Gasteiger partial charge in [0.05, 0.1) is 0 Å². The number of halogens is 1. The Morgan fingerprint density at radius 3 is 2.77 bits per heavy atom. The van der Waals surface area contributed by atoms with Crippen molar-refractivity contribution in [2.24, 2.45) is 5.73 Å². The molecule has 0 radical (unpaired) electrons. The molecule has 3 N–H and O–H groups in total. The molecule has 0 unspecified atom stereocenters. The fourth-order valence-corrected chi connectivity index (χ4v) is 1.40. The third-order valence-corrected chi connectivity index (χ3v) is 2.48. The second kappa shape index (κ2) is 3.00. The molecule has 0 spiro atoms. The number of benzene rings is 1. The van der Waals surface area contributed by atoms with Gasteiger partial charge >= 0.3 is 0 Å². The maximum absolute atomic E-state index is 12.8. The summed E-state index contributed by atoms with van der Waals surface area (Å²) in [6.45, 7) is 0.615. The van der Waals surface area contributed by atoms with Crippen molar-refractivity contribution in [2.75, 3.05) is 11.9 Å². The van der Waals surface area contributed by atoms with Crippen molar-refractivity contribution in [1.82, 2.24) is 0 Å². The summed E-state index contributed by atoms with van der Waals surface area (Å²) < 4.78 is 12.8. The van der Waals surface area contributed by atoms with Crippen LogP contribution in [0.15, 0.2) is 24.3 Å². The maximum Gasteiger partial charge on any atom is 0.125 e. The van der Waals surface area contributed by atoms with Gasteiger partial charge in [0.1, 0.15) is 5.82 Å². The monoisotopic (exact) mass is 180 g/mol. The highest BCUT2D eigenvalue weighted by molar-refractivity contribution is 5.47. The van der Waals surface area contributed by atoms with Crippen molar-refractivity contribution in [3.63, 3.8) is 0 Å². The molecule has 0 saturated heterocycles. The highest BCUT2D eigenvalue weighted by Crippen LogP contribution is 2.37. The molecule has 1 aromatic carbocycles. The summed E-state index contributed by atoms with van der Waals surface area (Å²) >= 11 is 0. The van der Waals surface area contributed by atoms with Gasteiger partial charge < -0.3 is 11.1 Å². The third kappa shape index (κ3) is 1.80. The summed E-state index contributed by atoms with van der Waals surface area (Å²) in [4.78, 5) is 0. The zero-order valence-electron chi connectivity index (χ0n) is 7.39. The van der Waals surface area contributed by atoms with Crippen molar-refractivity contribution in [1.29, 1.82) is 0 Å². The van der Waals surface area contributed by atoms with Crippen LogP contribution in [-0.2, 0) is 0 Å². The van der Waals surface area contributed by atoms with Gasteiger partial charge in [-0.3, -0.25) is 0 Å². The molecule has 70 valence electrons. The zero-order valence-corrected chi connectivity index (χ0v) is 7.39. The molecule has 0 aromatic heterocycles. The molecule has 0 atom stereocenters. The van der Waals surface area contributed by atoms with Crippen LogP contribution in [0.2, 0.25) is 0 Å². The minimum atomic E-state index is -0.210. The van der Waals surface area contributed by atoms with E-state index >= 15 is 0 Å². The fraction of sp³-hybridized carbons (Fsp3) is 0.400. The zero-order chi connectivity index (χ0) is 9.31. The Morgan fingerprint density at radius 1 is 1.46 bits per heavy atom. The first-order chi connectivity index (χ1) is 6.24. The second-order valence-electron chi connectivity index (χ2n) is 3.62. The Morgan fingerprint density at radius 2 is 2.23 bits per heavy atom. The molecule has 0 heterocycles. The number of rotatable bonds is 3. The number of anilines is 1. The Bertz CT molecular complexity index is 308. The van der Waals surface area contributed by atoms with E-state index in [0.717, 1.165) is 18.5 Å². The van der Waals surface area contributed by atoms with Crippen LogP contribution in [0.3, 0.4) is 0 Å². The minimum Gasteiger partial charge on any atom is -0.378 e. The van der Waals surface area contributed by atoms with E-state index in [2.05, 4.69) is 5.32 Å². The summed E-state index contributed by atoms with van der Waals surface area (Å²) in [5.74, 6) is -0.210. The molecule has 1 fully saturated rings. The van der Waals surface area contributed by atoms with E-state index in [0.29, 0.717) is 6.54 Å². The van der Waals surface area contributed by atoms with E-state index in [1.54, 1.807) is 6.07 Å². The average molecular weight is 180 g/mol. The molecule has 1 aliphatic carbocycles. The summed E-state index contributed by atoms with van der Waals surface area (Å²) in [5, 5.41) is 3.25. The molecule has 2 rings (SSSR count). The Labute approximate surface area is 76.9 Å². The molecule has 0 aliphatic heterocycles. The van der Waals surface area contributed by atoms with Gasteiger partial charge in [0, 0.05) is 17.8 Å². The van der Waals surface area contributed by atoms with Gasteiger partial charge in [-0.05, 0) is 31.0 Å². The molecule has 0 bridgehead atoms. The first kappa shape index (κ1) is 8.51. The molecule has 0 amide bonds. The van der Waals surface area contributed by atoms with Crippen LogP contribution in [0.5, 0.6) is 0 Å². The Hall–Kier alpha value is -1.09. The third-order valence-electron chi connectivity index (χ3n) is 2.48. The normalized spacial score (nSPS) is 18.3. The van der Waals surface area contributed by atoms with Gasteiger partial charge in [-0.25, -0.2) is 4.39 Å². The van der Waals surface area contributed by atoms with E-state index in [9.17, 15) is 4.39 Å². The average Bonchev–Trinajstić information content (AvgIpc) is 2.86. The van der Waals surface area contributed by atoms with Gasteiger partial charge in [0.25, 0.3) is 0 Å². The predicted molar refractivity (Wildman–Crippen MR) is 51.0 cm³/mol. The Kier molecular flexibility index (Phi) is 1.96. The van der Waals surface area contributed by atoms with Crippen LogP contribution in [0.1, 0.15) is 12.8 Å². The van der Waals surface area contributed by atoms with Crippen LogP contribution in [0.25, 0.3) is 0 Å². The maximum atomic E-state index is 12.8. The van der Waals surface area contributed by atoms with Crippen molar-refractivity contribution < 1.29 is 4.39 Å². The molecule has 2 nitrogen and oxygen atoms in total. The van der Waals surface area contributed by atoms with Crippen LogP contribution in [-0.4, -0.2) is 12.1 Å². The second-order valence-corrected chi connectivity index (χ2v) is 3.62. The van der Waals surface area contributed by atoms with E-state index in [-0.39, 0.29) is 11.4 Å². The minimum absolute atomic E-state index is 0.0494. The van der Waals surface area contributed by atoms with E-state index in [1.165, 1.54) is 12.1 Å². The molecule has 1 aromatic rings. The number of hydrogen-bond acceptors (Lipinski definition) is 2. The van der Waals surface area contributed by atoms with E-state index in [4.69, 9.17) is 5.73 Å². The smallest absolute Gasteiger partial charge is 0.125 e.